The minimum absolute atomic E-state index is 0.0122. The maximum Gasteiger partial charge on any atom is 0.134 e. The Morgan fingerprint density at radius 1 is 1.29 bits per heavy atom. The van der Waals surface area contributed by atoms with Crippen LogP contribution in [-0.4, -0.2) is 34.6 Å². The molecular weight excluding hydrogens is 322 g/mol. The molecule has 0 bridgehead atoms. The van der Waals surface area contributed by atoms with Crippen LogP contribution in [0.25, 0.3) is 10.6 Å². The molecule has 124 valence electrons. The van der Waals surface area contributed by atoms with E-state index in [2.05, 4.69) is 14.9 Å². The van der Waals surface area contributed by atoms with Crippen molar-refractivity contribution >= 4 is 11.3 Å². The van der Waals surface area contributed by atoms with E-state index in [1.54, 1.807) is 17.5 Å². The molecule has 0 amide bonds. The summed E-state index contributed by atoms with van der Waals surface area (Å²) in [6.45, 7) is 5.33. The summed E-state index contributed by atoms with van der Waals surface area (Å²) in [5.74, 6) is 1.84. The highest BCUT2D eigenvalue weighted by molar-refractivity contribution is 7.15. The molecule has 4 rings (SSSR count). The van der Waals surface area contributed by atoms with Gasteiger partial charge in [-0.1, -0.05) is 0 Å². The lowest BCUT2D eigenvalue weighted by Crippen LogP contribution is -2.37. The van der Waals surface area contributed by atoms with Crippen LogP contribution in [-0.2, 0) is 11.3 Å². The van der Waals surface area contributed by atoms with Gasteiger partial charge in [0.2, 0.25) is 0 Å². The third kappa shape index (κ3) is 3.40. The van der Waals surface area contributed by atoms with Crippen molar-refractivity contribution in [2.45, 2.75) is 19.6 Å². The fourth-order valence-corrected chi connectivity index (χ4v) is 3.81. The first-order chi connectivity index (χ1) is 11.8. The molecule has 0 saturated carbocycles. The van der Waals surface area contributed by atoms with Crippen molar-refractivity contribution < 1.29 is 9.15 Å². The topological polar surface area (TPSA) is 51.4 Å². The molecule has 3 aromatic rings. The lowest BCUT2D eigenvalue weighted by Gasteiger charge is -2.31. The second-order valence-electron chi connectivity index (χ2n) is 5.92. The molecule has 0 aromatic carbocycles. The summed E-state index contributed by atoms with van der Waals surface area (Å²) in [5.41, 5.74) is 1.07. The zero-order chi connectivity index (χ0) is 16.4. The first kappa shape index (κ1) is 15.5. The molecule has 1 aliphatic heterocycles. The normalized spacial score (nSPS) is 18.8. The van der Waals surface area contributed by atoms with E-state index in [-0.39, 0.29) is 6.10 Å². The van der Waals surface area contributed by atoms with Gasteiger partial charge in [-0.05, 0) is 31.2 Å². The van der Waals surface area contributed by atoms with Crippen molar-refractivity contribution in [1.29, 1.82) is 0 Å². The van der Waals surface area contributed by atoms with E-state index in [4.69, 9.17) is 9.15 Å². The maximum atomic E-state index is 5.86. The predicted molar refractivity (Wildman–Crippen MR) is 92.8 cm³/mol. The van der Waals surface area contributed by atoms with E-state index >= 15 is 0 Å². The average molecular weight is 341 g/mol. The predicted octanol–water partition coefficient (Wildman–Crippen LogP) is 3.68. The molecule has 24 heavy (non-hydrogen) atoms. The van der Waals surface area contributed by atoms with E-state index in [0.29, 0.717) is 0 Å². The highest BCUT2D eigenvalue weighted by Gasteiger charge is 2.24. The number of pyridine rings is 1. The molecule has 1 fully saturated rings. The highest BCUT2D eigenvalue weighted by atomic mass is 32.1. The summed E-state index contributed by atoms with van der Waals surface area (Å²) < 4.78 is 11.6. The number of thiazole rings is 1. The van der Waals surface area contributed by atoms with Gasteiger partial charge in [0.25, 0.3) is 0 Å². The van der Waals surface area contributed by atoms with E-state index in [9.17, 15) is 0 Å². The van der Waals surface area contributed by atoms with Crippen LogP contribution in [0.4, 0.5) is 0 Å². The highest BCUT2D eigenvalue weighted by Crippen LogP contribution is 2.28. The molecule has 1 saturated heterocycles. The molecule has 6 heteroatoms. The Kier molecular flexibility index (Phi) is 4.42. The van der Waals surface area contributed by atoms with Crippen LogP contribution in [0, 0.1) is 6.92 Å². The Morgan fingerprint density at radius 3 is 3.04 bits per heavy atom. The van der Waals surface area contributed by atoms with Gasteiger partial charge in [0.05, 0.1) is 6.61 Å². The van der Waals surface area contributed by atoms with Crippen molar-refractivity contribution in [2.75, 3.05) is 19.7 Å². The van der Waals surface area contributed by atoms with Gasteiger partial charge >= 0.3 is 0 Å². The minimum Gasteiger partial charge on any atom is -0.464 e. The molecule has 0 N–H and O–H groups in total. The number of morpholine rings is 1. The Morgan fingerprint density at radius 2 is 2.25 bits per heavy atom. The second-order valence-corrected chi connectivity index (χ2v) is 7.03. The third-order valence-electron chi connectivity index (χ3n) is 4.07. The van der Waals surface area contributed by atoms with Gasteiger partial charge in [-0.15, -0.1) is 11.3 Å². The molecule has 3 aromatic heterocycles. The summed E-state index contributed by atoms with van der Waals surface area (Å²) in [6.07, 6.45) is 5.61. The van der Waals surface area contributed by atoms with Crippen LogP contribution < -0.4 is 0 Å². The van der Waals surface area contributed by atoms with E-state index < -0.39 is 0 Å². The van der Waals surface area contributed by atoms with Crippen LogP contribution in [0.15, 0.2) is 47.3 Å². The molecule has 0 radical (unpaired) electrons. The first-order valence-electron chi connectivity index (χ1n) is 8.03. The van der Waals surface area contributed by atoms with Gasteiger partial charge in [-0.3, -0.25) is 9.88 Å². The molecule has 0 unspecified atom stereocenters. The fraction of sp³-hybridized carbons (Fsp3) is 0.333. The zero-order valence-corrected chi connectivity index (χ0v) is 14.3. The Hall–Kier alpha value is -2.02. The van der Waals surface area contributed by atoms with Crippen molar-refractivity contribution in [1.82, 2.24) is 14.9 Å². The number of nitrogens with zero attached hydrogens (tertiary/aromatic N) is 3. The summed E-state index contributed by atoms with van der Waals surface area (Å²) in [7, 11) is 0. The molecule has 0 aliphatic carbocycles. The average Bonchev–Trinajstić information content (AvgIpc) is 3.25. The quantitative estimate of drug-likeness (QED) is 0.724. The second kappa shape index (κ2) is 6.84. The third-order valence-corrected chi connectivity index (χ3v) is 5.10. The molecule has 4 heterocycles. The number of ether oxygens (including phenoxy) is 1. The molecule has 0 spiro atoms. The lowest BCUT2D eigenvalue weighted by molar-refractivity contribution is -0.0427. The smallest absolute Gasteiger partial charge is 0.134 e. The zero-order valence-electron chi connectivity index (χ0n) is 13.5. The van der Waals surface area contributed by atoms with Gasteiger partial charge in [0.15, 0.2) is 0 Å². The first-order valence-corrected chi connectivity index (χ1v) is 8.85. The molecular formula is C18H19N3O2S. The Bertz CT molecular complexity index is 799. The molecule has 1 atom stereocenters. The lowest BCUT2D eigenvalue weighted by atomic mass is 10.2. The molecule has 1 aliphatic rings. The number of aromatic nitrogens is 2. The van der Waals surface area contributed by atoms with Crippen molar-refractivity contribution in [3.8, 4) is 10.6 Å². The van der Waals surface area contributed by atoms with Gasteiger partial charge in [-0.25, -0.2) is 4.98 Å². The Labute approximate surface area is 144 Å². The van der Waals surface area contributed by atoms with Crippen LogP contribution in [0.3, 0.4) is 0 Å². The SMILES string of the molecule is Cc1ccc([C@@H]2CN(Cc3cnc(-c4cccnc4)s3)CCO2)o1. The molecule has 5 nitrogen and oxygen atoms in total. The number of hydrogen-bond acceptors (Lipinski definition) is 6. The van der Waals surface area contributed by atoms with Crippen molar-refractivity contribution in [2.24, 2.45) is 0 Å². The largest absolute Gasteiger partial charge is 0.464 e. The monoisotopic (exact) mass is 341 g/mol. The van der Waals surface area contributed by atoms with Crippen LogP contribution in [0.1, 0.15) is 22.5 Å². The summed E-state index contributed by atoms with van der Waals surface area (Å²) in [6, 6.07) is 7.98. The number of furan rings is 1. The van der Waals surface area contributed by atoms with Crippen LogP contribution in [0.5, 0.6) is 0 Å². The minimum atomic E-state index is 0.0122. The fourth-order valence-electron chi connectivity index (χ4n) is 2.87. The van der Waals surface area contributed by atoms with Crippen molar-refractivity contribution in [3.05, 3.63) is 59.3 Å². The Balaban J connectivity index is 1.43. The number of aryl methyl sites for hydroxylation is 1. The van der Waals surface area contributed by atoms with E-state index in [1.807, 2.05) is 43.6 Å². The summed E-state index contributed by atoms with van der Waals surface area (Å²) in [5, 5.41) is 1.02. The van der Waals surface area contributed by atoms with Crippen LogP contribution in [0.2, 0.25) is 0 Å². The summed E-state index contributed by atoms with van der Waals surface area (Å²) >= 11 is 1.72. The van der Waals surface area contributed by atoms with Crippen molar-refractivity contribution in [3.63, 3.8) is 0 Å². The number of rotatable bonds is 4. The van der Waals surface area contributed by atoms with Crippen LogP contribution >= 0.6 is 11.3 Å². The van der Waals surface area contributed by atoms with Gasteiger partial charge in [0, 0.05) is 48.7 Å². The van der Waals surface area contributed by atoms with E-state index in [1.165, 1.54) is 4.88 Å². The number of hydrogen-bond donors (Lipinski definition) is 0. The van der Waals surface area contributed by atoms with Gasteiger partial charge < -0.3 is 9.15 Å². The van der Waals surface area contributed by atoms with E-state index in [0.717, 1.165) is 48.3 Å². The van der Waals surface area contributed by atoms with Gasteiger partial charge in [-0.2, -0.15) is 0 Å². The maximum absolute atomic E-state index is 5.86. The standard InChI is InChI=1S/C18H19N3O2S/c1-13-4-5-16(23-13)17-12-21(7-8-22-17)11-15-10-20-18(24-15)14-3-2-6-19-9-14/h2-6,9-10,17H,7-8,11-12H2,1H3/t17-/m0/s1. The van der Waals surface area contributed by atoms with Gasteiger partial charge in [0.1, 0.15) is 22.6 Å². The summed E-state index contributed by atoms with van der Waals surface area (Å²) in [4.78, 5) is 12.3.